The predicted octanol–water partition coefficient (Wildman–Crippen LogP) is 1.31. The first-order valence-corrected chi connectivity index (χ1v) is 7.67. The molecule has 0 aromatic carbocycles. The SMILES string of the molecule is CCN(C(C)=O)c1nc(CN2CCNC[C@@H]2C)cs1. The van der Waals surface area contributed by atoms with Crippen molar-refractivity contribution in [3.8, 4) is 0 Å². The van der Waals surface area contributed by atoms with E-state index >= 15 is 0 Å². The van der Waals surface area contributed by atoms with Gasteiger partial charge in [-0.15, -0.1) is 11.3 Å². The second kappa shape index (κ2) is 6.45. The van der Waals surface area contributed by atoms with Crippen LogP contribution in [-0.2, 0) is 11.3 Å². The molecule has 1 fully saturated rings. The molecule has 1 aromatic rings. The fourth-order valence-corrected chi connectivity index (χ4v) is 3.24. The minimum atomic E-state index is 0.0546. The molecule has 2 rings (SSSR count). The number of hydrogen-bond donors (Lipinski definition) is 1. The van der Waals surface area contributed by atoms with Crippen LogP contribution < -0.4 is 10.2 Å². The van der Waals surface area contributed by atoms with Gasteiger partial charge in [0.25, 0.3) is 0 Å². The highest BCUT2D eigenvalue weighted by Crippen LogP contribution is 2.22. The van der Waals surface area contributed by atoms with Gasteiger partial charge in [0.15, 0.2) is 5.13 Å². The zero-order valence-electron chi connectivity index (χ0n) is 11.8. The van der Waals surface area contributed by atoms with Crippen LogP contribution in [-0.4, -0.2) is 48.0 Å². The molecule has 5 nitrogen and oxygen atoms in total. The average Bonchev–Trinajstić information content (AvgIpc) is 2.81. The molecule has 1 saturated heterocycles. The molecule has 6 heteroatoms. The largest absolute Gasteiger partial charge is 0.314 e. The van der Waals surface area contributed by atoms with Gasteiger partial charge in [-0.25, -0.2) is 4.98 Å². The van der Waals surface area contributed by atoms with Crippen LogP contribution in [0.25, 0.3) is 0 Å². The van der Waals surface area contributed by atoms with Gasteiger partial charge in [-0.1, -0.05) is 0 Å². The molecule has 0 saturated carbocycles. The van der Waals surface area contributed by atoms with Crippen LogP contribution in [0.2, 0.25) is 0 Å². The summed E-state index contributed by atoms with van der Waals surface area (Å²) in [6.07, 6.45) is 0. The number of carbonyl (C=O) groups excluding carboxylic acids is 1. The lowest BCUT2D eigenvalue weighted by atomic mass is 10.2. The Morgan fingerprint density at radius 2 is 2.47 bits per heavy atom. The smallest absolute Gasteiger partial charge is 0.225 e. The average molecular weight is 282 g/mol. The molecule has 0 bridgehead atoms. The van der Waals surface area contributed by atoms with Gasteiger partial charge in [0.2, 0.25) is 5.91 Å². The molecule has 0 aliphatic carbocycles. The summed E-state index contributed by atoms with van der Waals surface area (Å²) in [5, 5.41) is 6.26. The fourth-order valence-electron chi connectivity index (χ4n) is 2.31. The van der Waals surface area contributed by atoms with Gasteiger partial charge in [0.05, 0.1) is 5.69 Å². The Labute approximate surface area is 118 Å². The monoisotopic (exact) mass is 282 g/mol. The van der Waals surface area contributed by atoms with E-state index in [-0.39, 0.29) is 5.91 Å². The van der Waals surface area contributed by atoms with Crippen LogP contribution in [0.15, 0.2) is 5.38 Å². The second-order valence-electron chi connectivity index (χ2n) is 4.91. The van der Waals surface area contributed by atoms with Crippen molar-refractivity contribution < 1.29 is 4.79 Å². The number of nitrogens with one attached hydrogen (secondary N) is 1. The molecule has 106 valence electrons. The summed E-state index contributed by atoms with van der Waals surface area (Å²) in [7, 11) is 0. The highest BCUT2D eigenvalue weighted by molar-refractivity contribution is 7.14. The van der Waals surface area contributed by atoms with Crippen LogP contribution in [0.5, 0.6) is 0 Å². The Hall–Kier alpha value is -0.980. The third-order valence-electron chi connectivity index (χ3n) is 3.47. The van der Waals surface area contributed by atoms with Crippen molar-refractivity contribution in [1.29, 1.82) is 0 Å². The normalized spacial score (nSPS) is 20.5. The van der Waals surface area contributed by atoms with Gasteiger partial charge in [-0.2, -0.15) is 0 Å². The molecule has 1 aromatic heterocycles. The number of nitrogens with zero attached hydrogens (tertiary/aromatic N) is 3. The van der Waals surface area contributed by atoms with E-state index in [1.807, 2.05) is 6.92 Å². The lowest BCUT2D eigenvalue weighted by molar-refractivity contribution is -0.116. The summed E-state index contributed by atoms with van der Waals surface area (Å²) >= 11 is 1.55. The Balaban J connectivity index is 2.02. The molecule has 19 heavy (non-hydrogen) atoms. The Morgan fingerprint density at radius 3 is 3.11 bits per heavy atom. The number of piperazine rings is 1. The van der Waals surface area contributed by atoms with Gasteiger partial charge < -0.3 is 5.32 Å². The first-order chi connectivity index (χ1) is 9.11. The predicted molar refractivity (Wildman–Crippen MR) is 78.6 cm³/mol. The first kappa shape index (κ1) is 14.4. The topological polar surface area (TPSA) is 48.5 Å². The van der Waals surface area contributed by atoms with Crippen LogP contribution in [0.3, 0.4) is 0 Å². The molecular formula is C13H22N4OS. The Morgan fingerprint density at radius 1 is 1.68 bits per heavy atom. The summed E-state index contributed by atoms with van der Waals surface area (Å²) < 4.78 is 0. The zero-order chi connectivity index (χ0) is 13.8. The molecule has 1 aliphatic rings. The van der Waals surface area contributed by atoms with Crippen molar-refractivity contribution in [3.05, 3.63) is 11.1 Å². The lowest BCUT2D eigenvalue weighted by Crippen LogP contribution is -2.49. The molecule has 1 N–H and O–H groups in total. The Kier molecular flexibility index (Phi) is 4.90. The van der Waals surface area contributed by atoms with Gasteiger partial charge >= 0.3 is 0 Å². The lowest BCUT2D eigenvalue weighted by Gasteiger charge is -2.33. The number of anilines is 1. The molecule has 0 radical (unpaired) electrons. The summed E-state index contributed by atoms with van der Waals surface area (Å²) in [6, 6.07) is 0.536. The van der Waals surface area contributed by atoms with Gasteiger partial charge in [0, 0.05) is 51.1 Å². The minimum absolute atomic E-state index is 0.0546. The highest BCUT2D eigenvalue weighted by atomic mass is 32.1. The Bertz CT molecular complexity index is 434. The van der Waals surface area contributed by atoms with E-state index in [2.05, 4.69) is 27.5 Å². The van der Waals surface area contributed by atoms with E-state index in [1.54, 1.807) is 23.2 Å². The maximum absolute atomic E-state index is 11.5. The minimum Gasteiger partial charge on any atom is -0.314 e. The third kappa shape index (κ3) is 3.52. The van der Waals surface area contributed by atoms with Crippen LogP contribution in [0.1, 0.15) is 26.5 Å². The number of carbonyl (C=O) groups is 1. The molecule has 1 atom stereocenters. The molecule has 2 heterocycles. The van der Waals surface area contributed by atoms with E-state index in [9.17, 15) is 4.79 Å². The third-order valence-corrected chi connectivity index (χ3v) is 4.38. The maximum atomic E-state index is 11.5. The summed E-state index contributed by atoms with van der Waals surface area (Å²) in [5.74, 6) is 0.0546. The standard InChI is InChI=1S/C13H22N4OS/c1-4-17(11(3)18)13-15-12(9-19-13)8-16-6-5-14-7-10(16)2/h9-10,14H,4-8H2,1-3H3/t10-/m0/s1. The van der Waals surface area contributed by atoms with Crippen molar-refractivity contribution in [2.75, 3.05) is 31.1 Å². The van der Waals surface area contributed by atoms with Crippen molar-refractivity contribution in [2.24, 2.45) is 0 Å². The van der Waals surface area contributed by atoms with Gasteiger partial charge in [-0.05, 0) is 13.8 Å². The summed E-state index contributed by atoms with van der Waals surface area (Å²) in [6.45, 7) is 10.5. The van der Waals surface area contributed by atoms with Crippen molar-refractivity contribution >= 4 is 22.4 Å². The summed E-state index contributed by atoms with van der Waals surface area (Å²) in [5.41, 5.74) is 1.06. The van der Waals surface area contributed by atoms with E-state index < -0.39 is 0 Å². The summed E-state index contributed by atoms with van der Waals surface area (Å²) in [4.78, 5) is 20.2. The van der Waals surface area contributed by atoms with E-state index in [0.29, 0.717) is 12.6 Å². The quantitative estimate of drug-likeness (QED) is 0.904. The molecule has 0 spiro atoms. The van der Waals surface area contributed by atoms with Gasteiger partial charge in [-0.3, -0.25) is 14.6 Å². The number of amides is 1. The molecule has 1 aliphatic heterocycles. The van der Waals surface area contributed by atoms with Crippen molar-refractivity contribution in [1.82, 2.24) is 15.2 Å². The second-order valence-corrected chi connectivity index (χ2v) is 5.74. The molecule has 0 unspecified atom stereocenters. The van der Waals surface area contributed by atoms with E-state index in [0.717, 1.165) is 37.0 Å². The number of hydrogen-bond acceptors (Lipinski definition) is 5. The highest BCUT2D eigenvalue weighted by Gasteiger charge is 2.20. The first-order valence-electron chi connectivity index (χ1n) is 6.79. The van der Waals surface area contributed by atoms with Crippen LogP contribution in [0.4, 0.5) is 5.13 Å². The molecule has 1 amide bonds. The van der Waals surface area contributed by atoms with Gasteiger partial charge in [0.1, 0.15) is 0 Å². The fraction of sp³-hybridized carbons (Fsp3) is 0.692. The number of rotatable bonds is 4. The number of thiazole rings is 1. The van der Waals surface area contributed by atoms with E-state index in [4.69, 9.17) is 0 Å². The maximum Gasteiger partial charge on any atom is 0.225 e. The van der Waals surface area contributed by atoms with Crippen LogP contribution in [0, 0.1) is 0 Å². The number of aromatic nitrogens is 1. The van der Waals surface area contributed by atoms with Crippen LogP contribution >= 0.6 is 11.3 Å². The zero-order valence-corrected chi connectivity index (χ0v) is 12.7. The van der Waals surface area contributed by atoms with Crippen molar-refractivity contribution in [3.63, 3.8) is 0 Å². The van der Waals surface area contributed by atoms with Crippen molar-refractivity contribution in [2.45, 2.75) is 33.4 Å². The molecular weight excluding hydrogens is 260 g/mol. The van der Waals surface area contributed by atoms with E-state index in [1.165, 1.54) is 0 Å².